The first kappa shape index (κ1) is 23.1. The van der Waals surface area contributed by atoms with Gasteiger partial charge in [0, 0.05) is 61.1 Å². The lowest BCUT2D eigenvalue weighted by molar-refractivity contribution is 0.284. The fourth-order valence-corrected chi connectivity index (χ4v) is 3.45. The third kappa shape index (κ3) is 4.69. The zero-order valence-electron chi connectivity index (χ0n) is 17.6. The van der Waals surface area contributed by atoms with Crippen molar-refractivity contribution >= 4 is 40.4 Å². The van der Waals surface area contributed by atoms with Crippen LogP contribution in [0.1, 0.15) is 22.3 Å². The maximum atomic E-state index is 9.46. The quantitative estimate of drug-likeness (QED) is 0.389. The third-order valence-corrected chi connectivity index (χ3v) is 5.28. The minimum Gasteiger partial charge on any atom is -0.493 e. The highest BCUT2D eigenvalue weighted by atomic mass is 35.5. The second-order valence-corrected chi connectivity index (χ2v) is 7.75. The van der Waals surface area contributed by atoms with E-state index in [0.29, 0.717) is 55.3 Å². The fraction of sp³-hybridized carbons (Fsp3) is 0.182. The molecule has 2 heterocycles. The molecule has 0 fully saturated rings. The molecule has 10 heteroatoms. The summed E-state index contributed by atoms with van der Waals surface area (Å²) < 4.78 is 11.3. The smallest absolute Gasteiger partial charge is 0.162 e. The van der Waals surface area contributed by atoms with E-state index in [9.17, 15) is 5.26 Å². The molecule has 0 aliphatic carbocycles. The van der Waals surface area contributed by atoms with E-state index in [2.05, 4.69) is 16.0 Å². The number of nitrogens with one attached hydrogen (secondary N) is 1. The van der Waals surface area contributed by atoms with Crippen LogP contribution in [0.15, 0.2) is 36.8 Å². The Labute approximate surface area is 195 Å². The van der Waals surface area contributed by atoms with Crippen LogP contribution >= 0.6 is 23.2 Å². The third-order valence-electron chi connectivity index (χ3n) is 4.63. The molecule has 164 valence electrons. The number of methoxy groups -OCH3 is 1. The van der Waals surface area contributed by atoms with E-state index in [0.717, 1.165) is 0 Å². The molecule has 0 atom stereocenters. The minimum absolute atomic E-state index is 0.0604. The van der Waals surface area contributed by atoms with E-state index in [1.54, 1.807) is 37.2 Å². The molecule has 0 aliphatic rings. The van der Waals surface area contributed by atoms with Crippen molar-refractivity contribution in [1.29, 1.82) is 10.7 Å². The number of nitrogen functional groups attached to an aromatic ring is 1. The van der Waals surface area contributed by atoms with Gasteiger partial charge in [-0.2, -0.15) is 5.26 Å². The van der Waals surface area contributed by atoms with Gasteiger partial charge >= 0.3 is 0 Å². The van der Waals surface area contributed by atoms with E-state index in [-0.39, 0.29) is 12.3 Å². The van der Waals surface area contributed by atoms with Crippen LogP contribution in [-0.2, 0) is 6.61 Å². The Morgan fingerprint density at radius 1 is 1.16 bits per heavy atom. The monoisotopic (exact) mass is 470 g/mol. The number of rotatable bonds is 7. The van der Waals surface area contributed by atoms with E-state index >= 15 is 0 Å². The number of pyridine rings is 2. The van der Waals surface area contributed by atoms with E-state index < -0.39 is 0 Å². The Balaban J connectivity index is 1.97. The summed E-state index contributed by atoms with van der Waals surface area (Å²) in [5.41, 5.74) is 8.35. The molecular weight excluding hydrogens is 451 g/mol. The van der Waals surface area contributed by atoms with Gasteiger partial charge in [-0.15, -0.1) is 0 Å². The number of hydrogen-bond acceptors (Lipinski definition) is 8. The second kappa shape index (κ2) is 9.73. The summed E-state index contributed by atoms with van der Waals surface area (Å²) in [4.78, 5) is 9.96. The number of nitriles is 1. The molecule has 8 nitrogen and oxygen atoms in total. The Hall–Kier alpha value is -3.54. The normalized spacial score (nSPS) is 10.4. The van der Waals surface area contributed by atoms with Gasteiger partial charge in [0.2, 0.25) is 0 Å². The van der Waals surface area contributed by atoms with Crippen LogP contribution < -0.4 is 20.1 Å². The molecule has 1 aromatic carbocycles. The standard InChI is InChI=1S/C22H20Cl2N6O2/c1-30(2)22-12(7-25)4-13(8-29-22)21(27)14-5-20(19(31-3)6-18(14)26)32-11-15-16(23)9-28-10-17(15)24/h4-6,8-10,27H,11,26H2,1-3H3. The molecule has 0 unspecified atom stereocenters. The average Bonchev–Trinajstić information content (AvgIpc) is 2.78. The summed E-state index contributed by atoms with van der Waals surface area (Å²) in [5, 5.41) is 18.9. The van der Waals surface area contributed by atoms with Crippen molar-refractivity contribution in [1.82, 2.24) is 9.97 Å². The number of anilines is 2. The molecule has 0 spiro atoms. The molecule has 0 aliphatic heterocycles. The Morgan fingerprint density at radius 3 is 2.44 bits per heavy atom. The van der Waals surface area contributed by atoms with Crippen molar-refractivity contribution in [3.63, 3.8) is 0 Å². The average molecular weight is 471 g/mol. The van der Waals surface area contributed by atoms with Crippen LogP contribution in [-0.4, -0.2) is 36.9 Å². The van der Waals surface area contributed by atoms with Gasteiger partial charge in [-0.1, -0.05) is 23.2 Å². The molecule has 0 radical (unpaired) electrons. The summed E-state index contributed by atoms with van der Waals surface area (Å²) in [6, 6.07) is 6.89. The molecule has 0 amide bonds. The van der Waals surface area contributed by atoms with E-state index in [4.69, 9.17) is 43.8 Å². The highest BCUT2D eigenvalue weighted by molar-refractivity contribution is 6.35. The molecular formula is C22H20Cl2N6O2. The summed E-state index contributed by atoms with van der Waals surface area (Å²) in [7, 11) is 5.07. The molecule has 3 aromatic rings. The lowest BCUT2D eigenvalue weighted by Crippen LogP contribution is -2.14. The number of halogens is 2. The van der Waals surface area contributed by atoms with Crippen molar-refractivity contribution in [3.8, 4) is 17.6 Å². The van der Waals surface area contributed by atoms with Gasteiger partial charge in [0.15, 0.2) is 11.5 Å². The lowest BCUT2D eigenvalue weighted by atomic mass is 10.00. The number of ether oxygens (including phenoxy) is 2. The molecule has 0 bridgehead atoms. The van der Waals surface area contributed by atoms with Crippen LogP contribution in [0.25, 0.3) is 0 Å². The fourth-order valence-electron chi connectivity index (χ4n) is 2.98. The summed E-state index contributed by atoms with van der Waals surface area (Å²) in [6.45, 7) is 0.0604. The van der Waals surface area contributed by atoms with Crippen molar-refractivity contribution in [2.45, 2.75) is 6.61 Å². The number of nitrogens with two attached hydrogens (primary N) is 1. The van der Waals surface area contributed by atoms with Gasteiger partial charge in [-0.3, -0.25) is 10.4 Å². The van der Waals surface area contributed by atoms with Crippen LogP contribution in [0.4, 0.5) is 11.5 Å². The first-order valence-corrected chi connectivity index (χ1v) is 10.1. The minimum atomic E-state index is 0.0604. The topological polar surface area (TPSA) is 121 Å². The van der Waals surface area contributed by atoms with Crippen LogP contribution in [0, 0.1) is 16.7 Å². The number of hydrogen-bond donors (Lipinski definition) is 2. The highest BCUT2D eigenvalue weighted by Crippen LogP contribution is 2.35. The van der Waals surface area contributed by atoms with Gasteiger partial charge in [-0.05, 0) is 12.1 Å². The molecule has 2 aromatic heterocycles. The number of benzene rings is 1. The molecule has 3 N–H and O–H groups in total. The number of nitrogens with zero attached hydrogens (tertiary/aromatic N) is 4. The van der Waals surface area contributed by atoms with Gasteiger partial charge in [0.1, 0.15) is 18.5 Å². The van der Waals surface area contributed by atoms with Gasteiger partial charge < -0.3 is 20.1 Å². The summed E-state index contributed by atoms with van der Waals surface area (Å²) in [6.07, 6.45) is 4.48. The van der Waals surface area contributed by atoms with E-state index in [1.165, 1.54) is 25.7 Å². The Bertz CT molecular complexity index is 1200. The molecule has 0 saturated heterocycles. The lowest BCUT2D eigenvalue weighted by Gasteiger charge is -2.17. The van der Waals surface area contributed by atoms with Crippen molar-refractivity contribution in [2.75, 3.05) is 31.8 Å². The van der Waals surface area contributed by atoms with Crippen molar-refractivity contribution < 1.29 is 9.47 Å². The predicted molar refractivity (Wildman–Crippen MR) is 125 cm³/mol. The van der Waals surface area contributed by atoms with E-state index in [1.807, 2.05) is 0 Å². The second-order valence-electron chi connectivity index (χ2n) is 6.94. The maximum absolute atomic E-state index is 9.46. The van der Waals surface area contributed by atoms with Crippen LogP contribution in [0.2, 0.25) is 10.0 Å². The Morgan fingerprint density at radius 2 is 1.84 bits per heavy atom. The first-order valence-electron chi connectivity index (χ1n) is 9.31. The summed E-state index contributed by atoms with van der Waals surface area (Å²) in [5.74, 6) is 1.25. The zero-order valence-corrected chi connectivity index (χ0v) is 19.1. The maximum Gasteiger partial charge on any atom is 0.162 e. The zero-order chi connectivity index (χ0) is 23.4. The predicted octanol–water partition coefficient (Wildman–Crippen LogP) is 4.31. The summed E-state index contributed by atoms with van der Waals surface area (Å²) >= 11 is 12.3. The highest BCUT2D eigenvalue weighted by Gasteiger charge is 2.18. The SMILES string of the molecule is COc1cc(N)c(C(=N)c2cnc(N(C)C)c(C#N)c2)cc1OCc1c(Cl)cncc1Cl. The number of aromatic nitrogens is 2. The van der Waals surface area contributed by atoms with Crippen LogP contribution in [0.5, 0.6) is 11.5 Å². The van der Waals surface area contributed by atoms with Crippen LogP contribution in [0.3, 0.4) is 0 Å². The van der Waals surface area contributed by atoms with Gasteiger partial charge in [0.05, 0.1) is 28.4 Å². The largest absolute Gasteiger partial charge is 0.493 e. The molecule has 32 heavy (non-hydrogen) atoms. The molecule has 0 saturated carbocycles. The van der Waals surface area contributed by atoms with Crippen molar-refractivity contribution in [2.24, 2.45) is 0 Å². The molecule has 3 rings (SSSR count). The first-order chi connectivity index (χ1) is 15.3. The Kier molecular flexibility index (Phi) is 7.03. The van der Waals surface area contributed by atoms with Gasteiger partial charge in [-0.25, -0.2) is 4.98 Å². The van der Waals surface area contributed by atoms with Gasteiger partial charge in [0.25, 0.3) is 0 Å². The van der Waals surface area contributed by atoms with Crippen molar-refractivity contribution in [3.05, 3.63) is 69.1 Å².